The molecule has 1 N–H and O–H groups in total. The van der Waals surface area contributed by atoms with Gasteiger partial charge in [-0.2, -0.15) is 5.10 Å². The first-order valence-electron chi connectivity index (χ1n) is 8.45. The third kappa shape index (κ3) is 3.51. The lowest BCUT2D eigenvalue weighted by molar-refractivity contribution is 0.0931. The first-order chi connectivity index (χ1) is 10.4. The van der Waals surface area contributed by atoms with Gasteiger partial charge in [0, 0.05) is 25.0 Å². The molecule has 1 heterocycles. The van der Waals surface area contributed by atoms with Crippen molar-refractivity contribution >= 4 is 5.91 Å². The minimum absolute atomic E-state index is 0.00137. The molecule has 1 aromatic rings. The second-order valence-corrected chi connectivity index (χ2v) is 7.78. The van der Waals surface area contributed by atoms with Crippen LogP contribution in [0.25, 0.3) is 0 Å². The number of hydrogen-bond donors (Lipinski definition) is 1. The molecule has 2 fully saturated rings. The highest BCUT2D eigenvalue weighted by Gasteiger charge is 2.31. The van der Waals surface area contributed by atoms with Crippen LogP contribution in [0.2, 0.25) is 0 Å². The molecule has 3 rings (SSSR count). The third-order valence-corrected chi connectivity index (χ3v) is 4.51. The zero-order valence-corrected chi connectivity index (χ0v) is 14.2. The predicted molar refractivity (Wildman–Crippen MR) is 87.2 cm³/mol. The standard InChI is InChI=1S/C17H28N4O/c1-17(2,3)21-15(11-14(19-21)12-5-6-12)16(22)18-9-10-20(4)13-7-8-13/h11-13H,5-10H2,1-4H3,(H,18,22). The van der Waals surface area contributed by atoms with Crippen molar-refractivity contribution < 1.29 is 4.79 Å². The average Bonchev–Trinajstić information content (AvgIpc) is 3.34. The molecular weight excluding hydrogens is 276 g/mol. The van der Waals surface area contributed by atoms with Crippen LogP contribution in [0.4, 0.5) is 0 Å². The molecule has 0 aliphatic heterocycles. The molecular formula is C17H28N4O. The van der Waals surface area contributed by atoms with E-state index in [1.165, 1.54) is 25.7 Å². The molecule has 0 atom stereocenters. The number of carbonyl (C=O) groups excluding carboxylic acids is 1. The van der Waals surface area contributed by atoms with Gasteiger partial charge in [-0.15, -0.1) is 0 Å². The fourth-order valence-electron chi connectivity index (χ4n) is 2.79. The summed E-state index contributed by atoms with van der Waals surface area (Å²) >= 11 is 0. The Morgan fingerprint density at radius 2 is 2.05 bits per heavy atom. The van der Waals surface area contributed by atoms with Crippen molar-refractivity contribution in [2.75, 3.05) is 20.1 Å². The molecule has 2 aliphatic rings. The number of nitrogens with one attached hydrogen (secondary N) is 1. The van der Waals surface area contributed by atoms with Gasteiger partial charge >= 0.3 is 0 Å². The number of aromatic nitrogens is 2. The van der Waals surface area contributed by atoms with E-state index in [1.807, 2.05) is 10.7 Å². The first kappa shape index (κ1) is 15.5. The summed E-state index contributed by atoms with van der Waals surface area (Å²) in [5.74, 6) is 0.565. The summed E-state index contributed by atoms with van der Waals surface area (Å²) in [6, 6.07) is 2.72. The second-order valence-electron chi connectivity index (χ2n) is 7.78. The van der Waals surface area contributed by atoms with Gasteiger partial charge in [-0.3, -0.25) is 9.48 Å². The zero-order valence-electron chi connectivity index (χ0n) is 14.2. The summed E-state index contributed by atoms with van der Waals surface area (Å²) in [5.41, 5.74) is 1.60. The van der Waals surface area contributed by atoms with Crippen molar-refractivity contribution in [1.82, 2.24) is 20.0 Å². The Bertz CT molecular complexity index is 549. The Morgan fingerprint density at radius 1 is 1.36 bits per heavy atom. The van der Waals surface area contributed by atoms with E-state index in [0.717, 1.165) is 18.3 Å². The molecule has 2 aliphatic carbocycles. The van der Waals surface area contributed by atoms with Crippen LogP contribution >= 0.6 is 0 Å². The maximum absolute atomic E-state index is 12.5. The van der Waals surface area contributed by atoms with Gasteiger partial charge in [-0.1, -0.05) is 0 Å². The Morgan fingerprint density at radius 3 is 2.59 bits per heavy atom. The molecule has 0 bridgehead atoms. The highest BCUT2D eigenvalue weighted by atomic mass is 16.2. The fraction of sp³-hybridized carbons (Fsp3) is 0.765. The molecule has 0 radical (unpaired) electrons. The van der Waals surface area contributed by atoms with Crippen LogP contribution in [0.5, 0.6) is 0 Å². The van der Waals surface area contributed by atoms with Crippen LogP contribution < -0.4 is 5.32 Å². The van der Waals surface area contributed by atoms with Crippen LogP contribution in [-0.2, 0) is 5.54 Å². The molecule has 0 spiro atoms. The monoisotopic (exact) mass is 304 g/mol. The number of hydrogen-bond acceptors (Lipinski definition) is 3. The van der Waals surface area contributed by atoms with Crippen molar-refractivity contribution in [1.29, 1.82) is 0 Å². The lowest BCUT2D eigenvalue weighted by Gasteiger charge is -2.22. The maximum atomic E-state index is 12.5. The number of nitrogens with zero attached hydrogens (tertiary/aromatic N) is 3. The van der Waals surface area contributed by atoms with Gasteiger partial charge in [0.15, 0.2) is 0 Å². The first-order valence-corrected chi connectivity index (χ1v) is 8.45. The van der Waals surface area contributed by atoms with E-state index < -0.39 is 0 Å². The lowest BCUT2D eigenvalue weighted by Crippen LogP contribution is -2.36. The fourth-order valence-corrected chi connectivity index (χ4v) is 2.79. The van der Waals surface area contributed by atoms with Gasteiger partial charge in [-0.05, 0) is 59.6 Å². The number of amides is 1. The summed E-state index contributed by atoms with van der Waals surface area (Å²) in [4.78, 5) is 14.9. The number of carbonyl (C=O) groups is 1. The normalized spacial score (nSPS) is 18.8. The van der Waals surface area contributed by atoms with Crippen molar-refractivity contribution in [3.8, 4) is 0 Å². The molecule has 0 saturated heterocycles. The Labute approximate surface area is 133 Å². The van der Waals surface area contributed by atoms with Gasteiger partial charge in [0.25, 0.3) is 5.91 Å². The molecule has 1 aromatic heterocycles. The van der Waals surface area contributed by atoms with Gasteiger partial charge in [-0.25, -0.2) is 0 Å². The van der Waals surface area contributed by atoms with E-state index in [4.69, 9.17) is 5.10 Å². The van der Waals surface area contributed by atoms with Crippen LogP contribution in [0.15, 0.2) is 6.07 Å². The molecule has 5 heteroatoms. The molecule has 1 amide bonds. The highest BCUT2D eigenvalue weighted by Crippen LogP contribution is 2.40. The van der Waals surface area contributed by atoms with Gasteiger partial charge in [0.05, 0.1) is 11.2 Å². The summed E-state index contributed by atoms with van der Waals surface area (Å²) < 4.78 is 1.89. The summed E-state index contributed by atoms with van der Waals surface area (Å²) in [5, 5.41) is 7.75. The molecule has 2 saturated carbocycles. The van der Waals surface area contributed by atoms with Crippen molar-refractivity contribution in [2.24, 2.45) is 0 Å². The molecule has 5 nitrogen and oxygen atoms in total. The van der Waals surface area contributed by atoms with Gasteiger partial charge in [0.1, 0.15) is 5.69 Å². The maximum Gasteiger partial charge on any atom is 0.269 e. The highest BCUT2D eigenvalue weighted by molar-refractivity contribution is 5.92. The Kier molecular flexibility index (Phi) is 4.02. The summed E-state index contributed by atoms with van der Waals surface area (Å²) in [6.45, 7) is 7.88. The largest absolute Gasteiger partial charge is 0.349 e. The Hall–Kier alpha value is -1.36. The lowest BCUT2D eigenvalue weighted by atomic mass is 10.1. The summed E-state index contributed by atoms with van der Waals surface area (Å²) in [7, 11) is 2.13. The van der Waals surface area contributed by atoms with Crippen LogP contribution in [0.1, 0.15) is 68.6 Å². The van der Waals surface area contributed by atoms with Gasteiger partial charge in [0.2, 0.25) is 0 Å². The topological polar surface area (TPSA) is 50.2 Å². The Balaban J connectivity index is 1.65. The van der Waals surface area contributed by atoms with E-state index in [1.54, 1.807) is 0 Å². The smallest absolute Gasteiger partial charge is 0.269 e. The quantitative estimate of drug-likeness (QED) is 0.877. The number of rotatable bonds is 6. The predicted octanol–water partition coefficient (Wildman–Crippen LogP) is 2.34. The zero-order chi connectivity index (χ0) is 15.9. The average molecular weight is 304 g/mol. The van der Waals surface area contributed by atoms with Gasteiger partial charge < -0.3 is 10.2 Å². The van der Waals surface area contributed by atoms with Crippen LogP contribution in [0, 0.1) is 0 Å². The third-order valence-electron chi connectivity index (χ3n) is 4.51. The molecule has 0 unspecified atom stereocenters. The van der Waals surface area contributed by atoms with E-state index >= 15 is 0 Å². The van der Waals surface area contributed by atoms with E-state index in [0.29, 0.717) is 18.2 Å². The minimum atomic E-state index is -0.176. The van der Waals surface area contributed by atoms with Crippen LogP contribution in [0.3, 0.4) is 0 Å². The van der Waals surface area contributed by atoms with E-state index in [9.17, 15) is 4.79 Å². The molecule has 0 aromatic carbocycles. The summed E-state index contributed by atoms with van der Waals surface area (Å²) in [6.07, 6.45) is 5.00. The number of likely N-dealkylation sites (N-methyl/N-ethyl adjacent to an activating group) is 1. The molecule has 122 valence electrons. The second kappa shape index (κ2) is 5.69. The van der Waals surface area contributed by atoms with E-state index in [-0.39, 0.29) is 11.4 Å². The minimum Gasteiger partial charge on any atom is -0.349 e. The molecule has 22 heavy (non-hydrogen) atoms. The van der Waals surface area contributed by atoms with E-state index in [2.05, 4.69) is 38.0 Å². The SMILES string of the molecule is CN(CCNC(=O)c1cc(C2CC2)nn1C(C)(C)C)C1CC1. The van der Waals surface area contributed by atoms with Crippen molar-refractivity contribution in [3.63, 3.8) is 0 Å². The van der Waals surface area contributed by atoms with Crippen LogP contribution in [-0.4, -0.2) is 46.8 Å². The van der Waals surface area contributed by atoms with Crippen molar-refractivity contribution in [3.05, 3.63) is 17.5 Å². The van der Waals surface area contributed by atoms with Crippen molar-refractivity contribution in [2.45, 2.75) is 64.0 Å².